The van der Waals surface area contributed by atoms with E-state index in [4.69, 9.17) is 23.9 Å². The Balaban J connectivity index is 0.693. The highest BCUT2D eigenvalue weighted by atomic mass is 32.1. The van der Waals surface area contributed by atoms with Gasteiger partial charge in [-0.1, -0.05) is 57.2 Å². The highest BCUT2D eigenvalue weighted by Crippen LogP contribution is 2.36. The van der Waals surface area contributed by atoms with Crippen LogP contribution in [-0.2, 0) is 54.6 Å². The largest absolute Gasteiger partial charge is 0.496 e. The van der Waals surface area contributed by atoms with Gasteiger partial charge in [-0.05, 0) is 85.4 Å². The van der Waals surface area contributed by atoms with Gasteiger partial charge in [-0.3, -0.25) is 24.0 Å². The lowest BCUT2D eigenvalue weighted by Crippen LogP contribution is -2.57. The van der Waals surface area contributed by atoms with Crippen LogP contribution in [0.15, 0.2) is 66.3 Å². The molecule has 1 unspecified atom stereocenters. The number of hydrogen-bond donors (Lipinski definition) is 5. The number of carbonyl (C=O) groups excluding carboxylic acids is 5. The number of carbonyl (C=O) groups is 5. The van der Waals surface area contributed by atoms with E-state index in [2.05, 4.69) is 55.2 Å². The van der Waals surface area contributed by atoms with E-state index in [0.717, 1.165) is 82.1 Å². The van der Waals surface area contributed by atoms with Crippen LogP contribution in [0, 0.1) is 19.3 Å². The smallest absolute Gasteiger partial charge is 0.252 e. The van der Waals surface area contributed by atoms with Crippen LogP contribution in [0.2, 0.25) is 0 Å². The maximum Gasteiger partial charge on any atom is 0.252 e. The molecule has 1 fully saturated rings. The fraction of sp³-hybridized carbons (Fsp3) is 0.491. The van der Waals surface area contributed by atoms with E-state index in [1.54, 1.807) is 30.6 Å². The van der Waals surface area contributed by atoms with Gasteiger partial charge < -0.3 is 54.8 Å². The van der Waals surface area contributed by atoms with E-state index < -0.39 is 35.4 Å². The van der Waals surface area contributed by atoms with Crippen LogP contribution in [-0.4, -0.2) is 125 Å². The van der Waals surface area contributed by atoms with Crippen LogP contribution in [0.4, 0.5) is 0 Å². The quantitative estimate of drug-likeness (QED) is 0.0438. The number of aromatic nitrogens is 3. The molecule has 76 heavy (non-hydrogen) atoms. The van der Waals surface area contributed by atoms with Crippen molar-refractivity contribution in [2.24, 2.45) is 5.41 Å². The predicted molar refractivity (Wildman–Crippen MR) is 288 cm³/mol. The van der Waals surface area contributed by atoms with E-state index in [1.807, 2.05) is 64.4 Å². The van der Waals surface area contributed by atoms with Crippen molar-refractivity contribution < 1.29 is 48.0 Å². The second-order valence-electron chi connectivity index (χ2n) is 20.8. The lowest BCUT2D eigenvalue weighted by Gasteiger charge is -2.35. The summed E-state index contributed by atoms with van der Waals surface area (Å²) in [7, 11) is 1.56. The van der Waals surface area contributed by atoms with Crippen molar-refractivity contribution in [3.8, 4) is 33.2 Å². The molecule has 406 valence electrons. The summed E-state index contributed by atoms with van der Waals surface area (Å²) >= 11 is 1.57. The molecule has 2 aliphatic heterocycles. The van der Waals surface area contributed by atoms with Crippen molar-refractivity contribution in [1.29, 1.82) is 0 Å². The molecule has 4 atom stereocenters. The fourth-order valence-corrected chi connectivity index (χ4v) is 10.7. The number of benzene rings is 3. The molecule has 1 aliphatic carbocycles. The average Bonchev–Trinajstić information content (AvgIpc) is 4.26. The van der Waals surface area contributed by atoms with E-state index in [0.29, 0.717) is 36.6 Å². The normalized spacial score (nSPS) is 17.2. The van der Waals surface area contributed by atoms with Gasteiger partial charge in [0, 0.05) is 74.7 Å². The number of likely N-dealkylation sites (tertiary alicyclic amines) is 1. The van der Waals surface area contributed by atoms with Gasteiger partial charge in [0.15, 0.2) is 0 Å². The molecular weight excluding hydrogens is 989 g/mol. The Bertz CT molecular complexity index is 2840. The number of imidazole rings is 1. The van der Waals surface area contributed by atoms with Gasteiger partial charge in [-0.15, -0.1) is 11.3 Å². The zero-order valence-electron chi connectivity index (χ0n) is 44.5. The minimum Gasteiger partial charge on any atom is -0.496 e. The maximum absolute atomic E-state index is 14.0. The van der Waals surface area contributed by atoms with E-state index in [1.165, 1.54) is 10.5 Å². The van der Waals surface area contributed by atoms with Gasteiger partial charge in [-0.2, -0.15) is 0 Å². The third-order valence-electron chi connectivity index (χ3n) is 14.2. The topological polar surface area (TPSA) is 225 Å². The van der Waals surface area contributed by atoms with Gasteiger partial charge in [0.2, 0.25) is 23.6 Å². The Morgan fingerprint density at radius 1 is 0.882 bits per heavy atom. The fourth-order valence-electron chi connectivity index (χ4n) is 9.94. The van der Waals surface area contributed by atoms with Gasteiger partial charge in [0.1, 0.15) is 29.4 Å². The molecule has 19 heteroatoms. The molecule has 5 amide bonds. The molecule has 0 bridgehead atoms. The molecule has 0 spiro atoms. The number of hydrogen-bond acceptors (Lipinski definition) is 13. The predicted octanol–water partition coefficient (Wildman–Crippen LogP) is 6.17. The molecule has 18 nitrogen and oxygen atoms in total. The Labute approximate surface area is 448 Å². The Morgan fingerprint density at radius 2 is 1.62 bits per heavy atom. The van der Waals surface area contributed by atoms with Crippen LogP contribution in [0.25, 0.3) is 21.7 Å². The highest BCUT2D eigenvalue weighted by Gasteiger charge is 2.44. The number of nitrogens with zero attached hydrogens (tertiary/aromatic N) is 4. The number of methoxy groups -OCH3 is 1. The van der Waals surface area contributed by atoms with E-state index >= 15 is 0 Å². The highest BCUT2D eigenvalue weighted by molar-refractivity contribution is 7.13. The molecule has 8 rings (SSSR count). The zero-order valence-corrected chi connectivity index (χ0v) is 45.3. The summed E-state index contributed by atoms with van der Waals surface area (Å²) in [4.78, 5) is 78.4. The summed E-state index contributed by atoms with van der Waals surface area (Å²) in [5, 5.41) is 22.5. The summed E-state index contributed by atoms with van der Waals surface area (Å²) in [5.41, 5.74) is 9.57. The van der Waals surface area contributed by atoms with Crippen LogP contribution in [0.3, 0.4) is 0 Å². The number of aliphatic hydroxyl groups excluding tert-OH is 1. The average molecular weight is 1060 g/mol. The van der Waals surface area contributed by atoms with Crippen molar-refractivity contribution in [1.82, 2.24) is 40.7 Å². The van der Waals surface area contributed by atoms with Crippen molar-refractivity contribution in [3.63, 3.8) is 0 Å². The summed E-state index contributed by atoms with van der Waals surface area (Å²) < 4.78 is 25.2. The van der Waals surface area contributed by atoms with Crippen LogP contribution >= 0.6 is 11.3 Å². The number of fused-ring (bicyclic) bond motifs is 2. The van der Waals surface area contributed by atoms with E-state index in [-0.39, 0.29) is 82.5 Å². The molecule has 2 aromatic heterocycles. The van der Waals surface area contributed by atoms with Gasteiger partial charge in [0.25, 0.3) is 5.91 Å². The number of thiazole rings is 1. The first-order valence-corrected chi connectivity index (χ1v) is 27.2. The third kappa shape index (κ3) is 14.0. The number of nitrogens with one attached hydrogen (secondary N) is 4. The molecule has 0 radical (unpaired) electrons. The first-order chi connectivity index (χ1) is 36.6. The molecule has 1 saturated heterocycles. The minimum atomic E-state index is -0.957. The summed E-state index contributed by atoms with van der Waals surface area (Å²) in [6, 6.07) is 15.8. The molecule has 5 aromatic rings. The standard InChI is InChI=1S/C57H72N8O10S/c1-35-47(72-6)28-41(54(69)62-44-17-16-38-14-15-40(27-43(38)44)45-33-64-21-7-9-49(64)61-45)29-48(35)75-22-8-20-58-50(67)18-23-73-25-26-74-24-19-51(68)63-53(57(3,4)5)56(71)65-32-42(66)30-46(65)55(70)59-31-37-10-12-39(13-11-37)52-36(2)60-34-76-52/h10-15,27-29,33-34,42,44,46,53,66H,7-9,16-26,30-32H2,1-6H3,(H,58,67)(H,59,70)(H,62,69)(H,63,68)/t42-,44-,46+,53?/m1/s1. The summed E-state index contributed by atoms with van der Waals surface area (Å²) in [6.45, 7) is 11.9. The van der Waals surface area contributed by atoms with Crippen LogP contribution < -0.4 is 30.7 Å². The van der Waals surface area contributed by atoms with Crippen molar-refractivity contribution >= 4 is 40.9 Å². The van der Waals surface area contributed by atoms with Gasteiger partial charge in [-0.25, -0.2) is 9.97 Å². The second-order valence-corrected chi connectivity index (χ2v) is 21.7. The number of aliphatic hydroxyl groups is 1. The molecule has 5 N–H and O–H groups in total. The first-order valence-electron chi connectivity index (χ1n) is 26.3. The SMILES string of the molecule is COc1cc(C(=O)N[C@@H]2CCc3ccc(-c4cn5c(n4)CCC5)cc32)cc(OCCCNC(=O)CCOCCOCCC(=O)NC(C(=O)N2C[C@H](O)C[C@H]2C(=O)NCc2ccc(-c3scnc3C)cc2)C(C)(C)C)c1C. The zero-order chi connectivity index (χ0) is 53.9. The second kappa shape index (κ2) is 25.4. The number of amides is 5. The van der Waals surface area contributed by atoms with Gasteiger partial charge >= 0.3 is 0 Å². The van der Waals surface area contributed by atoms with Gasteiger partial charge in [0.05, 0.1) is 74.1 Å². The van der Waals surface area contributed by atoms with Crippen molar-refractivity contribution in [2.45, 2.75) is 123 Å². The lowest BCUT2D eigenvalue weighted by molar-refractivity contribution is -0.144. The monoisotopic (exact) mass is 1060 g/mol. The Hall–Kier alpha value is -6.67. The Morgan fingerprint density at radius 3 is 2.33 bits per heavy atom. The molecule has 4 heterocycles. The number of β-amino-alcohol motifs (C(OH)–C–C–N with tert-alkyl or cyclic N) is 1. The molecule has 3 aromatic carbocycles. The molecule has 3 aliphatic rings. The number of rotatable bonds is 24. The maximum atomic E-state index is 14.0. The Kier molecular flexibility index (Phi) is 18.6. The van der Waals surface area contributed by atoms with Crippen LogP contribution in [0.1, 0.15) is 109 Å². The summed E-state index contributed by atoms with van der Waals surface area (Å²) in [5.74, 6) is 0.600. The number of ether oxygens (including phenoxy) is 4. The lowest BCUT2D eigenvalue weighted by atomic mass is 9.85. The molecular formula is C57H72N8O10S. The van der Waals surface area contributed by atoms with Crippen molar-refractivity contribution in [2.75, 3.05) is 53.2 Å². The number of aryl methyl sites for hydroxylation is 4. The van der Waals surface area contributed by atoms with E-state index in [9.17, 15) is 29.1 Å². The van der Waals surface area contributed by atoms with Crippen molar-refractivity contribution in [3.05, 3.63) is 106 Å². The third-order valence-corrected chi connectivity index (χ3v) is 15.2. The summed E-state index contributed by atoms with van der Waals surface area (Å²) in [6.07, 6.45) is 5.82. The van der Waals surface area contributed by atoms with Crippen LogP contribution in [0.5, 0.6) is 11.5 Å². The minimum absolute atomic E-state index is 0.0141. The first kappa shape index (κ1) is 55.6. The molecule has 0 saturated carbocycles.